The quantitative estimate of drug-likeness (QED) is 0.707. The van der Waals surface area contributed by atoms with Crippen LogP contribution in [0.4, 0.5) is 4.79 Å². The molecule has 0 spiro atoms. The van der Waals surface area contributed by atoms with Gasteiger partial charge in [-0.1, -0.05) is 18.2 Å². The molecule has 0 saturated heterocycles. The standard InChI is InChI=1S/C10H12ClNO2/c1-8(2)12(11)10(13)14-9-6-4-3-5-7-9/h3-8H,1-2H3. The van der Waals surface area contributed by atoms with Crippen molar-refractivity contribution in [3.8, 4) is 5.75 Å². The van der Waals surface area contributed by atoms with Gasteiger partial charge in [0.2, 0.25) is 0 Å². The Bertz CT molecular complexity index is 300. The van der Waals surface area contributed by atoms with E-state index in [1.807, 2.05) is 6.07 Å². The predicted molar refractivity (Wildman–Crippen MR) is 55.3 cm³/mol. The van der Waals surface area contributed by atoms with Crippen molar-refractivity contribution in [2.24, 2.45) is 0 Å². The van der Waals surface area contributed by atoms with Crippen LogP contribution in [0.3, 0.4) is 0 Å². The number of ether oxygens (including phenoxy) is 1. The van der Waals surface area contributed by atoms with E-state index in [9.17, 15) is 4.79 Å². The molecule has 3 nitrogen and oxygen atoms in total. The molecule has 1 rings (SSSR count). The van der Waals surface area contributed by atoms with Gasteiger partial charge in [-0.2, -0.15) is 0 Å². The number of benzene rings is 1. The summed E-state index contributed by atoms with van der Waals surface area (Å²) in [4.78, 5) is 11.3. The molecule has 0 aliphatic rings. The van der Waals surface area contributed by atoms with E-state index < -0.39 is 6.09 Å². The largest absolute Gasteiger partial charge is 0.430 e. The smallest absolute Gasteiger partial charge is 0.409 e. The molecule has 1 aromatic rings. The molecule has 0 atom stereocenters. The van der Waals surface area contributed by atoms with Gasteiger partial charge in [-0.3, -0.25) is 0 Å². The maximum absolute atomic E-state index is 11.3. The maximum atomic E-state index is 11.3. The predicted octanol–water partition coefficient (Wildman–Crippen LogP) is 3.05. The average molecular weight is 214 g/mol. The van der Waals surface area contributed by atoms with Crippen molar-refractivity contribution in [3.63, 3.8) is 0 Å². The molecule has 4 heteroatoms. The summed E-state index contributed by atoms with van der Waals surface area (Å²) in [5.74, 6) is 0.490. The zero-order valence-electron chi connectivity index (χ0n) is 8.11. The zero-order chi connectivity index (χ0) is 10.6. The lowest BCUT2D eigenvalue weighted by Gasteiger charge is -2.16. The molecule has 0 N–H and O–H groups in total. The third-order valence-electron chi connectivity index (χ3n) is 1.58. The fourth-order valence-corrected chi connectivity index (χ4v) is 0.878. The average Bonchev–Trinajstić information content (AvgIpc) is 2.18. The third kappa shape index (κ3) is 2.92. The number of nitrogens with zero attached hydrogens (tertiary/aromatic N) is 1. The highest BCUT2D eigenvalue weighted by molar-refractivity contribution is 6.20. The number of carbonyl (C=O) groups is 1. The first-order valence-electron chi connectivity index (χ1n) is 4.33. The van der Waals surface area contributed by atoms with Crippen LogP contribution in [0.2, 0.25) is 0 Å². The Morgan fingerprint density at radius 2 is 1.93 bits per heavy atom. The minimum Gasteiger partial charge on any atom is -0.409 e. The highest BCUT2D eigenvalue weighted by Gasteiger charge is 2.16. The molecule has 1 aromatic carbocycles. The molecule has 76 valence electrons. The van der Waals surface area contributed by atoms with Crippen LogP contribution in [0.1, 0.15) is 13.8 Å². The molecular weight excluding hydrogens is 202 g/mol. The lowest BCUT2D eigenvalue weighted by Crippen LogP contribution is -2.30. The van der Waals surface area contributed by atoms with Gasteiger partial charge in [-0.05, 0) is 26.0 Å². The van der Waals surface area contributed by atoms with Gasteiger partial charge in [-0.25, -0.2) is 9.21 Å². The molecule has 0 aromatic heterocycles. The lowest BCUT2D eigenvalue weighted by atomic mass is 10.3. The van der Waals surface area contributed by atoms with Crippen molar-refractivity contribution >= 4 is 17.9 Å². The zero-order valence-corrected chi connectivity index (χ0v) is 8.86. The van der Waals surface area contributed by atoms with Gasteiger partial charge < -0.3 is 4.74 Å². The molecule has 0 aliphatic carbocycles. The van der Waals surface area contributed by atoms with Crippen molar-refractivity contribution in [2.45, 2.75) is 19.9 Å². The van der Waals surface area contributed by atoms with Crippen LogP contribution < -0.4 is 4.74 Å². The fraction of sp³-hybridized carbons (Fsp3) is 0.300. The van der Waals surface area contributed by atoms with Crippen molar-refractivity contribution in [3.05, 3.63) is 30.3 Å². The molecule has 0 radical (unpaired) electrons. The SMILES string of the molecule is CC(C)N(Cl)C(=O)Oc1ccccc1. The molecule has 0 aliphatic heterocycles. The Balaban J connectivity index is 2.58. The van der Waals surface area contributed by atoms with Crippen molar-refractivity contribution in [2.75, 3.05) is 0 Å². The van der Waals surface area contributed by atoms with Gasteiger partial charge in [0.25, 0.3) is 0 Å². The van der Waals surface area contributed by atoms with Crippen molar-refractivity contribution in [1.82, 2.24) is 4.42 Å². The minimum atomic E-state index is -0.562. The van der Waals surface area contributed by atoms with E-state index in [1.54, 1.807) is 38.1 Å². The summed E-state index contributed by atoms with van der Waals surface area (Å²) in [5.41, 5.74) is 0. The van der Waals surface area contributed by atoms with Crippen LogP contribution in [0.25, 0.3) is 0 Å². The second-order valence-electron chi connectivity index (χ2n) is 3.09. The summed E-state index contributed by atoms with van der Waals surface area (Å²) in [6.45, 7) is 3.61. The number of halogens is 1. The van der Waals surface area contributed by atoms with Crippen LogP contribution in [0, 0.1) is 0 Å². The Morgan fingerprint density at radius 3 is 2.43 bits per heavy atom. The van der Waals surface area contributed by atoms with Crippen LogP contribution >= 0.6 is 11.8 Å². The molecular formula is C10H12ClNO2. The second kappa shape index (κ2) is 4.86. The van der Waals surface area contributed by atoms with E-state index >= 15 is 0 Å². The number of para-hydroxylation sites is 1. The molecule has 0 bridgehead atoms. The van der Waals surface area contributed by atoms with Crippen molar-refractivity contribution < 1.29 is 9.53 Å². The minimum absolute atomic E-state index is 0.0899. The van der Waals surface area contributed by atoms with Gasteiger partial charge in [0, 0.05) is 17.8 Å². The van der Waals surface area contributed by atoms with Gasteiger partial charge in [0.05, 0.1) is 0 Å². The number of hydrogen-bond acceptors (Lipinski definition) is 2. The highest BCUT2D eigenvalue weighted by Crippen LogP contribution is 2.12. The lowest BCUT2D eigenvalue weighted by molar-refractivity contribution is 0.173. The molecule has 1 amide bonds. The van der Waals surface area contributed by atoms with E-state index in [1.165, 1.54) is 0 Å². The van der Waals surface area contributed by atoms with Crippen LogP contribution in [0.5, 0.6) is 5.75 Å². The second-order valence-corrected chi connectivity index (χ2v) is 3.45. The molecule has 14 heavy (non-hydrogen) atoms. The van der Waals surface area contributed by atoms with E-state index in [-0.39, 0.29) is 6.04 Å². The normalized spacial score (nSPS) is 10.0. The third-order valence-corrected chi connectivity index (χ3v) is 2.10. The van der Waals surface area contributed by atoms with Gasteiger partial charge in [0.1, 0.15) is 5.75 Å². The van der Waals surface area contributed by atoms with Gasteiger partial charge in [0.15, 0.2) is 0 Å². The Kier molecular flexibility index (Phi) is 3.77. The van der Waals surface area contributed by atoms with Gasteiger partial charge in [-0.15, -0.1) is 0 Å². The molecule has 0 unspecified atom stereocenters. The van der Waals surface area contributed by atoms with E-state index in [2.05, 4.69) is 0 Å². The number of carbonyl (C=O) groups excluding carboxylic acids is 1. The molecule has 0 saturated carbocycles. The maximum Gasteiger partial charge on any atom is 0.430 e. The summed E-state index contributed by atoms with van der Waals surface area (Å²) >= 11 is 5.67. The van der Waals surface area contributed by atoms with E-state index in [0.717, 1.165) is 4.42 Å². The first-order chi connectivity index (χ1) is 6.61. The van der Waals surface area contributed by atoms with Crippen LogP contribution in [-0.2, 0) is 0 Å². The fourth-order valence-electron chi connectivity index (χ4n) is 0.844. The molecule has 0 fully saturated rings. The van der Waals surface area contributed by atoms with Crippen molar-refractivity contribution in [1.29, 1.82) is 0 Å². The monoisotopic (exact) mass is 213 g/mol. The summed E-state index contributed by atoms with van der Waals surface area (Å²) in [7, 11) is 0. The first-order valence-corrected chi connectivity index (χ1v) is 4.67. The summed E-state index contributed by atoms with van der Waals surface area (Å²) in [6.07, 6.45) is -0.562. The Morgan fingerprint density at radius 1 is 1.36 bits per heavy atom. The first kappa shape index (κ1) is 10.9. The van der Waals surface area contributed by atoms with Crippen LogP contribution in [-0.4, -0.2) is 16.6 Å². The summed E-state index contributed by atoms with van der Waals surface area (Å²) in [5, 5.41) is 0. The molecule has 0 heterocycles. The summed E-state index contributed by atoms with van der Waals surface area (Å²) < 4.78 is 6.01. The Hall–Kier alpha value is -1.22. The number of hydrogen-bond donors (Lipinski definition) is 0. The highest BCUT2D eigenvalue weighted by atomic mass is 35.5. The number of rotatable bonds is 2. The summed E-state index contributed by atoms with van der Waals surface area (Å²) in [6, 6.07) is 8.73. The Labute approximate surface area is 88.3 Å². The topological polar surface area (TPSA) is 29.5 Å². The van der Waals surface area contributed by atoms with Gasteiger partial charge >= 0.3 is 6.09 Å². The van der Waals surface area contributed by atoms with E-state index in [4.69, 9.17) is 16.5 Å². The van der Waals surface area contributed by atoms with Crippen LogP contribution in [0.15, 0.2) is 30.3 Å². The number of amides is 1. The van der Waals surface area contributed by atoms with E-state index in [0.29, 0.717) is 5.75 Å².